The highest BCUT2D eigenvalue weighted by Gasteiger charge is 2.20. The van der Waals surface area contributed by atoms with E-state index in [1.165, 1.54) is 12.8 Å². The molecule has 1 aliphatic rings. The summed E-state index contributed by atoms with van der Waals surface area (Å²) in [6.07, 6.45) is 2.67. The van der Waals surface area contributed by atoms with Crippen LogP contribution in [0.15, 0.2) is 4.99 Å². The first-order valence-corrected chi connectivity index (χ1v) is 6.45. The molecule has 0 heterocycles. The van der Waals surface area contributed by atoms with E-state index in [1.54, 1.807) is 7.11 Å². The Labute approximate surface area is 127 Å². The summed E-state index contributed by atoms with van der Waals surface area (Å²) in [5, 5.41) is 6.48. The quantitative estimate of drug-likeness (QED) is 0.277. The van der Waals surface area contributed by atoms with Crippen molar-refractivity contribution in [3.63, 3.8) is 0 Å². The minimum Gasteiger partial charge on any atom is -0.382 e. The number of guanidine groups is 1. The molecular formula is C12H26IN3O2. The Morgan fingerprint density at radius 1 is 1.22 bits per heavy atom. The summed E-state index contributed by atoms with van der Waals surface area (Å²) >= 11 is 0. The summed E-state index contributed by atoms with van der Waals surface area (Å²) < 4.78 is 10.3. The van der Waals surface area contributed by atoms with Crippen LogP contribution < -0.4 is 10.6 Å². The third-order valence-electron chi connectivity index (χ3n) is 2.52. The molecule has 0 unspecified atom stereocenters. The van der Waals surface area contributed by atoms with Crippen LogP contribution in [0.25, 0.3) is 0 Å². The molecule has 0 radical (unpaired) electrons. The lowest BCUT2D eigenvalue weighted by Crippen LogP contribution is -2.39. The molecule has 1 saturated carbocycles. The smallest absolute Gasteiger partial charge is 0.191 e. The Balaban J connectivity index is 0.00000289. The maximum absolute atomic E-state index is 5.37. The van der Waals surface area contributed by atoms with E-state index in [-0.39, 0.29) is 24.0 Å². The molecule has 0 aromatic heterocycles. The second kappa shape index (κ2) is 12.0. The van der Waals surface area contributed by atoms with E-state index in [2.05, 4.69) is 22.5 Å². The highest BCUT2D eigenvalue weighted by atomic mass is 127. The van der Waals surface area contributed by atoms with Gasteiger partial charge in [-0.1, -0.05) is 0 Å². The number of nitrogens with one attached hydrogen (secondary N) is 2. The van der Waals surface area contributed by atoms with E-state index in [0.29, 0.717) is 19.8 Å². The average Bonchev–Trinajstić information content (AvgIpc) is 3.14. The second-order valence-electron chi connectivity index (χ2n) is 4.19. The minimum atomic E-state index is 0. The van der Waals surface area contributed by atoms with Crippen LogP contribution in [0, 0.1) is 5.92 Å². The van der Waals surface area contributed by atoms with Gasteiger partial charge in [0.25, 0.3) is 0 Å². The van der Waals surface area contributed by atoms with Crippen molar-refractivity contribution in [3.05, 3.63) is 0 Å². The van der Waals surface area contributed by atoms with Gasteiger partial charge >= 0.3 is 0 Å². The van der Waals surface area contributed by atoms with Gasteiger partial charge in [-0.2, -0.15) is 0 Å². The number of aliphatic imine (C=N–C) groups is 1. The van der Waals surface area contributed by atoms with Gasteiger partial charge in [0.05, 0.1) is 19.8 Å². The third-order valence-corrected chi connectivity index (χ3v) is 2.52. The van der Waals surface area contributed by atoms with Crippen LogP contribution in [0.2, 0.25) is 0 Å². The molecule has 6 heteroatoms. The molecule has 108 valence electrons. The lowest BCUT2D eigenvalue weighted by molar-refractivity contribution is 0.0733. The van der Waals surface area contributed by atoms with Gasteiger partial charge < -0.3 is 20.1 Å². The van der Waals surface area contributed by atoms with Crippen molar-refractivity contribution >= 4 is 29.9 Å². The zero-order chi connectivity index (χ0) is 12.3. The van der Waals surface area contributed by atoms with Crippen LogP contribution in [-0.4, -0.2) is 52.5 Å². The van der Waals surface area contributed by atoms with Gasteiger partial charge in [-0.15, -0.1) is 24.0 Å². The number of ether oxygens (including phenoxy) is 2. The van der Waals surface area contributed by atoms with Gasteiger partial charge in [0.2, 0.25) is 0 Å². The molecule has 18 heavy (non-hydrogen) atoms. The van der Waals surface area contributed by atoms with Crippen molar-refractivity contribution in [1.82, 2.24) is 10.6 Å². The molecule has 1 aliphatic carbocycles. The molecule has 0 amide bonds. The second-order valence-corrected chi connectivity index (χ2v) is 4.19. The predicted molar refractivity (Wildman–Crippen MR) is 84.8 cm³/mol. The maximum Gasteiger partial charge on any atom is 0.191 e. The van der Waals surface area contributed by atoms with E-state index in [1.807, 2.05) is 0 Å². The van der Waals surface area contributed by atoms with E-state index in [9.17, 15) is 0 Å². The molecule has 1 fully saturated rings. The lowest BCUT2D eigenvalue weighted by Gasteiger charge is -2.11. The number of nitrogens with zero attached hydrogens (tertiary/aromatic N) is 1. The third kappa shape index (κ3) is 9.90. The van der Waals surface area contributed by atoms with Crippen molar-refractivity contribution in [3.8, 4) is 0 Å². The minimum absolute atomic E-state index is 0. The van der Waals surface area contributed by atoms with Gasteiger partial charge in [0.1, 0.15) is 0 Å². The van der Waals surface area contributed by atoms with Crippen molar-refractivity contribution in [2.24, 2.45) is 10.9 Å². The first-order chi connectivity index (χ1) is 8.36. The standard InChI is InChI=1S/C12H25N3O2.HI/c1-3-13-12(15-10-11-4-5-11)14-6-7-17-9-8-16-2;/h11H,3-10H2,1-2H3,(H2,13,14,15);1H. The molecule has 0 aromatic carbocycles. The zero-order valence-electron chi connectivity index (χ0n) is 11.4. The Morgan fingerprint density at radius 3 is 2.61 bits per heavy atom. The zero-order valence-corrected chi connectivity index (χ0v) is 13.7. The van der Waals surface area contributed by atoms with Gasteiger partial charge in [0, 0.05) is 26.7 Å². The molecule has 5 nitrogen and oxygen atoms in total. The summed E-state index contributed by atoms with van der Waals surface area (Å²) in [7, 11) is 1.68. The number of hydrogen-bond acceptors (Lipinski definition) is 3. The Kier molecular flexibility index (Phi) is 11.9. The number of methoxy groups -OCH3 is 1. The number of halogens is 1. The summed E-state index contributed by atoms with van der Waals surface area (Å²) in [6.45, 7) is 6.66. The Morgan fingerprint density at radius 2 is 2.00 bits per heavy atom. The van der Waals surface area contributed by atoms with Crippen LogP contribution in [-0.2, 0) is 9.47 Å². The van der Waals surface area contributed by atoms with Crippen LogP contribution in [0.5, 0.6) is 0 Å². The molecule has 0 aliphatic heterocycles. The summed E-state index contributed by atoms with van der Waals surface area (Å²) in [5.41, 5.74) is 0. The molecule has 2 N–H and O–H groups in total. The van der Waals surface area contributed by atoms with Crippen molar-refractivity contribution in [1.29, 1.82) is 0 Å². The SMILES string of the molecule is CCNC(=NCC1CC1)NCCOCCOC.I. The van der Waals surface area contributed by atoms with Crippen molar-refractivity contribution < 1.29 is 9.47 Å². The summed E-state index contributed by atoms with van der Waals surface area (Å²) in [4.78, 5) is 4.52. The first kappa shape index (κ1) is 17.9. The number of rotatable bonds is 9. The summed E-state index contributed by atoms with van der Waals surface area (Å²) in [6, 6.07) is 0. The molecule has 1 rings (SSSR count). The van der Waals surface area contributed by atoms with Crippen LogP contribution >= 0.6 is 24.0 Å². The molecule has 0 saturated heterocycles. The Bertz CT molecular complexity index is 223. The number of hydrogen-bond donors (Lipinski definition) is 2. The van der Waals surface area contributed by atoms with Crippen LogP contribution in [0.4, 0.5) is 0 Å². The van der Waals surface area contributed by atoms with Gasteiger partial charge in [-0.25, -0.2) is 0 Å². The normalized spacial score (nSPS) is 15.1. The van der Waals surface area contributed by atoms with Gasteiger partial charge in [0.15, 0.2) is 5.96 Å². The van der Waals surface area contributed by atoms with E-state index in [0.717, 1.165) is 31.5 Å². The average molecular weight is 371 g/mol. The monoisotopic (exact) mass is 371 g/mol. The lowest BCUT2D eigenvalue weighted by atomic mass is 10.4. The topological polar surface area (TPSA) is 54.9 Å². The maximum atomic E-state index is 5.37. The predicted octanol–water partition coefficient (Wildman–Crippen LogP) is 1.23. The largest absolute Gasteiger partial charge is 0.382 e. The van der Waals surface area contributed by atoms with E-state index in [4.69, 9.17) is 9.47 Å². The fourth-order valence-electron chi connectivity index (χ4n) is 1.35. The molecule has 0 bridgehead atoms. The summed E-state index contributed by atoms with van der Waals surface area (Å²) in [5.74, 6) is 1.72. The molecule has 0 atom stereocenters. The van der Waals surface area contributed by atoms with Crippen molar-refractivity contribution in [2.75, 3.05) is 46.6 Å². The molecular weight excluding hydrogens is 345 g/mol. The highest BCUT2D eigenvalue weighted by molar-refractivity contribution is 14.0. The highest BCUT2D eigenvalue weighted by Crippen LogP contribution is 2.28. The first-order valence-electron chi connectivity index (χ1n) is 6.45. The van der Waals surface area contributed by atoms with E-state index < -0.39 is 0 Å². The van der Waals surface area contributed by atoms with Crippen molar-refractivity contribution in [2.45, 2.75) is 19.8 Å². The fourth-order valence-corrected chi connectivity index (χ4v) is 1.35. The van der Waals surface area contributed by atoms with Crippen LogP contribution in [0.1, 0.15) is 19.8 Å². The molecule has 0 aromatic rings. The fraction of sp³-hybridized carbons (Fsp3) is 0.917. The van der Waals surface area contributed by atoms with Crippen LogP contribution in [0.3, 0.4) is 0 Å². The van der Waals surface area contributed by atoms with Gasteiger partial charge in [-0.05, 0) is 25.7 Å². The van der Waals surface area contributed by atoms with Gasteiger partial charge in [-0.3, -0.25) is 4.99 Å². The molecule has 0 spiro atoms. The van der Waals surface area contributed by atoms with E-state index >= 15 is 0 Å². The Hall–Kier alpha value is -0.0800.